The van der Waals surface area contributed by atoms with Gasteiger partial charge in [0, 0.05) is 55.8 Å². The van der Waals surface area contributed by atoms with Gasteiger partial charge in [-0.1, -0.05) is 30.3 Å². The van der Waals surface area contributed by atoms with E-state index in [4.69, 9.17) is 8.83 Å². The molecule has 0 saturated carbocycles. The van der Waals surface area contributed by atoms with Crippen molar-refractivity contribution in [1.29, 1.82) is 0 Å². The molecule has 1 aliphatic rings. The molecule has 2 aromatic carbocycles. The number of benzene rings is 2. The van der Waals surface area contributed by atoms with Gasteiger partial charge in [0.2, 0.25) is 5.71 Å². The number of hydrogen-bond donors (Lipinski definition) is 2. The van der Waals surface area contributed by atoms with Crippen LogP contribution in [0.15, 0.2) is 76.0 Å². The molecule has 0 atom stereocenters. The Morgan fingerprint density at radius 1 is 0.970 bits per heavy atom. The smallest absolute Gasteiger partial charge is 0.232 e. The molecule has 3 aromatic heterocycles. The Bertz CT molecular complexity index is 1390. The molecule has 7 heteroatoms. The molecular weight excluding hydrogens is 414 g/mol. The Morgan fingerprint density at radius 3 is 2.73 bits per heavy atom. The first-order valence-corrected chi connectivity index (χ1v) is 11.3. The van der Waals surface area contributed by atoms with Gasteiger partial charge in [0.05, 0.1) is 11.6 Å². The van der Waals surface area contributed by atoms with E-state index in [0.29, 0.717) is 5.71 Å². The fourth-order valence-electron chi connectivity index (χ4n) is 4.53. The number of aromatic nitrogens is 2. The molecule has 0 spiro atoms. The number of hydrogen-bond acceptors (Lipinski definition) is 7. The van der Waals surface area contributed by atoms with Crippen LogP contribution < -0.4 is 10.6 Å². The van der Waals surface area contributed by atoms with Crippen molar-refractivity contribution in [3.63, 3.8) is 0 Å². The number of rotatable bonds is 6. The van der Waals surface area contributed by atoms with Crippen molar-refractivity contribution in [2.24, 2.45) is 0 Å². The maximum atomic E-state index is 6.36. The van der Waals surface area contributed by atoms with Crippen LogP contribution in [-0.2, 0) is 0 Å². The number of anilines is 1. The predicted octanol–water partition coefficient (Wildman–Crippen LogP) is 4.62. The van der Waals surface area contributed by atoms with Gasteiger partial charge in [0.25, 0.3) is 0 Å². The van der Waals surface area contributed by atoms with E-state index < -0.39 is 0 Å². The van der Waals surface area contributed by atoms with Gasteiger partial charge >= 0.3 is 0 Å². The monoisotopic (exact) mass is 439 g/mol. The van der Waals surface area contributed by atoms with Gasteiger partial charge in [0.1, 0.15) is 23.5 Å². The standard InChI is InChI=1S/C26H25N5O2/c1-2-4-18(5-3-1)22-23-25(28-11-14-31-12-9-27-10-13-31)29-17-30-26(23)33-24(22)20-6-7-21-19(16-20)8-15-32-21/h1-8,15-17,27H,9-14H2,(H,28,29,30). The number of nitrogens with one attached hydrogen (secondary N) is 2. The lowest BCUT2D eigenvalue weighted by Gasteiger charge is -2.27. The number of fused-ring (bicyclic) bond motifs is 2. The summed E-state index contributed by atoms with van der Waals surface area (Å²) in [7, 11) is 0. The van der Waals surface area contributed by atoms with E-state index in [0.717, 1.165) is 83.9 Å². The summed E-state index contributed by atoms with van der Waals surface area (Å²) in [6.45, 7) is 6.01. The average Bonchev–Trinajstić information content (AvgIpc) is 3.50. The summed E-state index contributed by atoms with van der Waals surface area (Å²) in [6.07, 6.45) is 3.27. The van der Waals surface area contributed by atoms with Crippen LogP contribution in [0.3, 0.4) is 0 Å². The fourth-order valence-corrected chi connectivity index (χ4v) is 4.53. The van der Waals surface area contributed by atoms with E-state index in [9.17, 15) is 0 Å². The second-order valence-electron chi connectivity index (χ2n) is 8.27. The van der Waals surface area contributed by atoms with Crippen LogP contribution in [-0.4, -0.2) is 54.1 Å². The molecular formula is C26H25N5O2. The highest BCUT2D eigenvalue weighted by atomic mass is 16.3. The van der Waals surface area contributed by atoms with E-state index in [1.165, 1.54) is 0 Å². The minimum absolute atomic E-state index is 0.579. The molecule has 4 heterocycles. The van der Waals surface area contributed by atoms with Crippen molar-refractivity contribution in [3.8, 4) is 22.5 Å². The summed E-state index contributed by atoms with van der Waals surface area (Å²) in [4.78, 5) is 11.5. The average molecular weight is 440 g/mol. The van der Waals surface area contributed by atoms with Crippen molar-refractivity contribution < 1.29 is 8.83 Å². The third-order valence-electron chi connectivity index (χ3n) is 6.20. The molecule has 0 bridgehead atoms. The summed E-state index contributed by atoms with van der Waals surface area (Å²) >= 11 is 0. The maximum Gasteiger partial charge on any atom is 0.232 e. The fraction of sp³-hybridized carbons (Fsp3) is 0.231. The summed E-state index contributed by atoms with van der Waals surface area (Å²) in [5.74, 6) is 1.58. The Kier molecular flexibility index (Phi) is 5.26. The Hall–Kier alpha value is -3.68. The first-order valence-electron chi connectivity index (χ1n) is 11.3. The van der Waals surface area contributed by atoms with Gasteiger partial charge in [0.15, 0.2) is 0 Å². The number of nitrogens with zero attached hydrogens (tertiary/aromatic N) is 3. The zero-order valence-corrected chi connectivity index (χ0v) is 18.3. The van der Waals surface area contributed by atoms with Crippen molar-refractivity contribution >= 4 is 27.9 Å². The second-order valence-corrected chi connectivity index (χ2v) is 8.27. The minimum atomic E-state index is 0.579. The third kappa shape index (κ3) is 3.86. The molecule has 1 saturated heterocycles. The zero-order valence-electron chi connectivity index (χ0n) is 18.3. The van der Waals surface area contributed by atoms with Crippen LogP contribution in [0, 0.1) is 0 Å². The van der Waals surface area contributed by atoms with Crippen molar-refractivity contribution in [2.75, 3.05) is 44.6 Å². The molecule has 0 radical (unpaired) electrons. The van der Waals surface area contributed by atoms with Crippen LogP contribution in [0.25, 0.3) is 44.5 Å². The van der Waals surface area contributed by atoms with Crippen LogP contribution in [0.4, 0.5) is 5.82 Å². The molecule has 166 valence electrons. The highest BCUT2D eigenvalue weighted by Crippen LogP contribution is 2.43. The molecule has 33 heavy (non-hydrogen) atoms. The first kappa shape index (κ1) is 20.0. The van der Waals surface area contributed by atoms with E-state index >= 15 is 0 Å². The summed E-state index contributed by atoms with van der Waals surface area (Å²) in [5.41, 5.74) is 4.48. The Labute approximate surface area is 191 Å². The zero-order chi connectivity index (χ0) is 22.0. The molecule has 7 nitrogen and oxygen atoms in total. The van der Waals surface area contributed by atoms with E-state index in [1.54, 1.807) is 12.6 Å². The maximum absolute atomic E-state index is 6.36. The predicted molar refractivity (Wildman–Crippen MR) is 130 cm³/mol. The van der Waals surface area contributed by atoms with Crippen molar-refractivity contribution in [1.82, 2.24) is 20.2 Å². The molecule has 1 fully saturated rings. The Balaban J connectivity index is 1.43. The summed E-state index contributed by atoms with van der Waals surface area (Å²) in [6, 6.07) is 18.4. The second kappa shape index (κ2) is 8.69. The molecule has 5 aromatic rings. The van der Waals surface area contributed by atoms with Crippen molar-refractivity contribution in [3.05, 3.63) is 67.2 Å². The summed E-state index contributed by atoms with van der Waals surface area (Å²) in [5, 5.41) is 8.89. The highest BCUT2D eigenvalue weighted by Gasteiger charge is 2.22. The van der Waals surface area contributed by atoms with E-state index in [1.807, 2.05) is 36.4 Å². The van der Waals surface area contributed by atoms with Gasteiger partial charge in [-0.3, -0.25) is 4.90 Å². The molecule has 6 rings (SSSR count). The molecule has 0 aliphatic carbocycles. The van der Waals surface area contributed by atoms with Gasteiger partial charge in [-0.15, -0.1) is 0 Å². The molecule has 0 unspecified atom stereocenters. The van der Waals surface area contributed by atoms with Crippen LogP contribution in [0.1, 0.15) is 0 Å². The first-order chi connectivity index (χ1) is 16.4. The van der Waals surface area contributed by atoms with Gasteiger partial charge in [-0.05, 0) is 29.8 Å². The lowest BCUT2D eigenvalue weighted by Crippen LogP contribution is -2.45. The topological polar surface area (TPSA) is 79.4 Å². The largest absolute Gasteiger partial charge is 0.464 e. The lowest BCUT2D eigenvalue weighted by molar-refractivity contribution is 0.249. The van der Waals surface area contributed by atoms with Gasteiger partial charge in [-0.2, -0.15) is 0 Å². The quantitative estimate of drug-likeness (QED) is 0.400. The van der Waals surface area contributed by atoms with E-state index in [-0.39, 0.29) is 0 Å². The SMILES string of the molecule is c1ccc(-c2c(-c3ccc4occc4c3)oc3ncnc(NCCN4CCNCC4)c23)cc1. The number of piperazine rings is 1. The van der Waals surface area contributed by atoms with Gasteiger partial charge < -0.3 is 19.5 Å². The molecule has 2 N–H and O–H groups in total. The van der Waals surface area contributed by atoms with Crippen molar-refractivity contribution in [2.45, 2.75) is 0 Å². The third-order valence-corrected chi connectivity index (χ3v) is 6.20. The number of furan rings is 2. The Morgan fingerprint density at radius 2 is 1.85 bits per heavy atom. The minimum Gasteiger partial charge on any atom is -0.464 e. The van der Waals surface area contributed by atoms with Gasteiger partial charge in [-0.25, -0.2) is 9.97 Å². The van der Waals surface area contributed by atoms with Crippen LogP contribution >= 0.6 is 0 Å². The molecule has 1 aliphatic heterocycles. The lowest BCUT2D eigenvalue weighted by atomic mass is 9.99. The van der Waals surface area contributed by atoms with Crippen LogP contribution in [0.2, 0.25) is 0 Å². The highest BCUT2D eigenvalue weighted by molar-refractivity contribution is 6.06. The van der Waals surface area contributed by atoms with Crippen LogP contribution in [0.5, 0.6) is 0 Å². The molecule has 0 amide bonds. The van der Waals surface area contributed by atoms with E-state index in [2.05, 4.69) is 43.7 Å². The normalized spacial score (nSPS) is 14.8. The summed E-state index contributed by atoms with van der Waals surface area (Å²) < 4.78 is 11.9.